The van der Waals surface area contributed by atoms with Crippen molar-refractivity contribution in [1.29, 1.82) is 0 Å². The number of hydrogen-bond acceptors (Lipinski definition) is 3. The number of benzene rings is 3. The minimum absolute atomic E-state index is 0.124. The summed E-state index contributed by atoms with van der Waals surface area (Å²) in [4.78, 5) is 12.8. The smallest absolute Gasteiger partial charge is 0.265 e. The summed E-state index contributed by atoms with van der Waals surface area (Å²) in [6, 6.07) is 16.9. The fraction of sp³-hybridized carbons (Fsp3) is 0.136. The molecule has 1 amide bonds. The lowest BCUT2D eigenvalue weighted by Crippen LogP contribution is -2.43. The molecule has 30 heavy (non-hydrogen) atoms. The summed E-state index contributed by atoms with van der Waals surface area (Å²) < 4.78 is 40.7. The van der Waals surface area contributed by atoms with Crippen molar-refractivity contribution < 1.29 is 17.6 Å². The van der Waals surface area contributed by atoms with Crippen LogP contribution in [0.25, 0.3) is 11.1 Å². The van der Waals surface area contributed by atoms with Gasteiger partial charge in [-0.2, -0.15) is 0 Å². The second kappa shape index (κ2) is 7.74. The van der Waals surface area contributed by atoms with Crippen molar-refractivity contribution in [2.75, 3.05) is 10.8 Å². The largest absolute Gasteiger partial charge is 0.348 e. The standard InChI is InChI=1S/C22H18ClFN2O3S/c1-14(15-6-9-17(24)10-7-15)25-22(27)13-26-20-11-8-16(23)12-19(20)18-4-2-3-5-21(18)30(26,28)29/h2-12,14H,13H2,1H3,(H,25,27)/t14-/m1/s1. The van der Waals surface area contributed by atoms with Gasteiger partial charge in [-0.15, -0.1) is 0 Å². The van der Waals surface area contributed by atoms with Crippen LogP contribution in [0.15, 0.2) is 71.6 Å². The molecule has 3 aromatic rings. The molecule has 5 nitrogen and oxygen atoms in total. The maximum atomic E-state index is 13.3. The molecule has 0 spiro atoms. The van der Waals surface area contributed by atoms with E-state index >= 15 is 0 Å². The van der Waals surface area contributed by atoms with Crippen LogP contribution in [-0.2, 0) is 14.8 Å². The van der Waals surface area contributed by atoms with Gasteiger partial charge in [0.15, 0.2) is 0 Å². The second-order valence-electron chi connectivity index (χ2n) is 7.01. The number of nitrogens with one attached hydrogen (secondary N) is 1. The van der Waals surface area contributed by atoms with E-state index < -0.39 is 28.5 Å². The summed E-state index contributed by atoms with van der Waals surface area (Å²) in [7, 11) is -3.93. The Morgan fingerprint density at radius 3 is 2.50 bits per heavy atom. The van der Waals surface area contributed by atoms with Gasteiger partial charge < -0.3 is 5.32 Å². The molecule has 0 saturated heterocycles. The molecule has 0 aliphatic carbocycles. The Kier molecular flexibility index (Phi) is 5.26. The number of amides is 1. The Balaban J connectivity index is 1.65. The van der Waals surface area contributed by atoms with Crippen LogP contribution in [0.1, 0.15) is 18.5 Å². The van der Waals surface area contributed by atoms with E-state index in [1.807, 2.05) is 0 Å². The summed E-state index contributed by atoms with van der Waals surface area (Å²) in [5.41, 5.74) is 2.30. The van der Waals surface area contributed by atoms with Gasteiger partial charge in [0.05, 0.1) is 16.6 Å². The molecule has 3 aromatic carbocycles. The molecule has 1 heterocycles. The zero-order chi connectivity index (χ0) is 21.5. The lowest BCUT2D eigenvalue weighted by molar-refractivity contribution is -0.120. The molecule has 0 bridgehead atoms. The maximum Gasteiger partial charge on any atom is 0.265 e. The van der Waals surface area contributed by atoms with Crippen LogP contribution < -0.4 is 9.62 Å². The normalized spacial score (nSPS) is 15.1. The lowest BCUT2D eigenvalue weighted by atomic mass is 10.0. The molecule has 8 heteroatoms. The molecule has 4 rings (SSSR count). The zero-order valence-corrected chi connectivity index (χ0v) is 17.5. The molecule has 0 saturated carbocycles. The van der Waals surface area contributed by atoms with Crippen molar-refractivity contribution in [2.45, 2.75) is 17.9 Å². The van der Waals surface area contributed by atoms with Crippen LogP contribution in [0, 0.1) is 5.82 Å². The van der Waals surface area contributed by atoms with Crippen molar-refractivity contribution in [3.05, 3.63) is 83.1 Å². The van der Waals surface area contributed by atoms with E-state index in [0.29, 0.717) is 27.4 Å². The SMILES string of the molecule is C[C@@H](NC(=O)CN1c2ccc(Cl)cc2-c2ccccc2S1(=O)=O)c1ccc(F)cc1. The molecule has 154 valence electrons. The van der Waals surface area contributed by atoms with E-state index in [9.17, 15) is 17.6 Å². The highest BCUT2D eigenvalue weighted by Crippen LogP contribution is 2.43. The van der Waals surface area contributed by atoms with Gasteiger partial charge in [-0.1, -0.05) is 41.9 Å². The zero-order valence-electron chi connectivity index (χ0n) is 16.0. The van der Waals surface area contributed by atoms with Crippen molar-refractivity contribution in [3.8, 4) is 11.1 Å². The number of carbonyl (C=O) groups excluding carboxylic acids is 1. The third-order valence-electron chi connectivity index (χ3n) is 5.01. The predicted octanol–water partition coefficient (Wildman–Crippen LogP) is 4.53. The summed E-state index contributed by atoms with van der Waals surface area (Å²) in [5, 5.41) is 3.24. The van der Waals surface area contributed by atoms with Crippen LogP contribution in [-0.4, -0.2) is 20.9 Å². The van der Waals surface area contributed by atoms with E-state index in [4.69, 9.17) is 11.6 Å². The van der Waals surface area contributed by atoms with Gasteiger partial charge in [0.1, 0.15) is 12.4 Å². The number of rotatable bonds is 4. The molecule has 1 N–H and O–H groups in total. The predicted molar refractivity (Wildman–Crippen MR) is 114 cm³/mol. The first-order valence-electron chi connectivity index (χ1n) is 9.24. The summed E-state index contributed by atoms with van der Waals surface area (Å²) in [6.45, 7) is 1.36. The monoisotopic (exact) mass is 444 g/mol. The number of anilines is 1. The van der Waals surface area contributed by atoms with Gasteiger partial charge in [-0.05, 0) is 48.9 Å². The molecule has 0 fully saturated rings. The molecule has 0 radical (unpaired) electrons. The van der Waals surface area contributed by atoms with Crippen LogP contribution in [0.5, 0.6) is 0 Å². The minimum Gasteiger partial charge on any atom is -0.348 e. The molecule has 0 aromatic heterocycles. The van der Waals surface area contributed by atoms with Crippen molar-refractivity contribution >= 4 is 33.2 Å². The molecule has 1 atom stereocenters. The van der Waals surface area contributed by atoms with Crippen LogP contribution in [0.2, 0.25) is 5.02 Å². The average Bonchev–Trinajstić information content (AvgIpc) is 2.72. The summed E-state index contributed by atoms with van der Waals surface area (Å²) >= 11 is 6.14. The first kappa shape index (κ1) is 20.4. The van der Waals surface area contributed by atoms with Gasteiger partial charge in [0.25, 0.3) is 10.0 Å². The fourth-order valence-electron chi connectivity index (χ4n) is 3.53. The van der Waals surface area contributed by atoms with Gasteiger partial charge in [0.2, 0.25) is 5.91 Å². The highest BCUT2D eigenvalue weighted by molar-refractivity contribution is 7.93. The second-order valence-corrected chi connectivity index (χ2v) is 9.28. The Morgan fingerprint density at radius 1 is 1.07 bits per heavy atom. The number of sulfonamides is 1. The molecular weight excluding hydrogens is 427 g/mol. The average molecular weight is 445 g/mol. The van der Waals surface area contributed by atoms with Crippen molar-refractivity contribution in [2.24, 2.45) is 0 Å². The lowest BCUT2D eigenvalue weighted by Gasteiger charge is -2.32. The maximum absolute atomic E-state index is 13.3. The number of hydrogen-bond donors (Lipinski definition) is 1. The Morgan fingerprint density at radius 2 is 1.77 bits per heavy atom. The fourth-order valence-corrected chi connectivity index (χ4v) is 5.35. The number of halogens is 2. The first-order valence-corrected chi connectivity index (χ1v) is 11.1. The van der Waals surface area contributed by atoms with Crippen LogP contribution >= 0.6 is 11.6 Å². The molecular formula is C22H18ClFN2O3S. The Bertz CT molecular complexity index is 1230. The molecule has 1 aliphatic heterocycles. The van der Waals surface area contributed by atoms with Crippen LogP contribution in [0.3, 0.4) is 0 Å². The number of nitrogens with zero attached hydrogens (tertiary/aromatic N) is 1. The third-order valence-corrected chi connectivity index (χ3v) is 7.06. The quantitative estimate of drug-likeness (QED) is 0.642. The van der Waals surface area contributed by atoms with Gasteiger partial charge in [0, 0.05) is 16.1 Å². The summed E-state index contributed by atoms with van der Waals surface area (Å²) in [5.74, 6) is -0.846. The van der Waals surface area contributed by atoms with E-state index in [1.165, 1.54) is 18.2 Å². The molecule has 0 unspecified atom stereocenters. The third kappa shape index (κ3) is 3.66. The number of carbonyl (C=O) groups is 1. The van der Waals surface area contributed by atoms with Gasteiger partial charge >= 0.3 is 0 Å². The van der Waals surface area contributed by atoms with Gasteiger partial charge in [-0.3, -0.25) is 9.10 Å². The van der Waals surface area contributed by atoms with E-state index in [2.05, 4.69) is 5.32 Å². The highest BCUT2D eigenvalue weighted by Gasteiger charge is 2.36. The van der Waals surface area contributed by atoms with E-state index in [0.717, 1.165) is 4.31 Å². The number of fused-ring (bicyclic) bond motifs is 3. The topological polar surface area (TPSA) is 66.5 Å². The van der Waals surface area contributed by atoms with Crippen molar-refractivity contribution in [1.82, 2.24) is 5.32 Å². The Hall–Kier alpha value is -2.90. The van der Waals surface area contributed by atoms with Crippen LogP contribution in [0.4, 0.5) is 10.1 Å². The molecule has 1 aliphatic rings. The minimum atomic E-state index is -3.93. The highest BCUT2D eigenvalue weighted by atomic mass is 35.5. The van der Waals surface area contributed by atoms with E-state index in [-0.39, 0.29) is 10.7 Å². The van der Waals surface area contributed by atoms with Crippen molar-refractivity contribution in [3.63, 3.8) is 0 Å². The van der Waals surface area contributed by atoms with Gasteiger partial charge in [-0.25, -0.2) is 12.8 Å². The first-order chi connectivity index (χ1) is 14.3. The van der Waals surface area contributed by atoms with E-state index in [1.54, 1.807) is 55.5 Å². The summed E-state index contributed by atoms with van der Waals surface area (Å²) in [6.07, 6.45) is 0. The Labute approximate surface area is 179 Å².